The smallest absolute Gasteiger partial charge is 0.251 e. The fraction of sp³-hybridized carbons (Fsp3) is 0.583. The first kappa shape index (κ1) is 14.7. The Morgan fingerprint density at radius 2 is 2.25 bits per heavy atom. The van der Waals surface area contributed by atoms with Gasteiger partial charge in [-0.1, -0.05) is 0 Å². The van der Waals surface area contributed by atoms with Gasteiger partial charge in [-0.2, -0.15) is 9.57 Å². The Morgan fingerprint density at radius 3 is 2.95 bits per heavy atom. The molecule has 2 heterocycles. The average Bonchev–Trinajstić information content (AvgIpc) is 2.48. The summed E-state index contributed by atoms with van der Waals surface area (Å²) < 4.78 is 30.8. The van der Waals surface area contributed by atoms with Gasteiger partial charge in [-0.15, -0.1) is 0 Å². The molecule has 1 aliphatic heterocycles. The summed E-state index contributed by atoms with van der Waals surface area (Å²) in [5, 5.41) is 8.93. The van der Waals surface area contributed by atoms with Crippen LogP contribution in [0.25, 0.3) is 0 Å². The molecule has 1 atom stereocenters. The number of aromatic nitrogens is 2. The summed E-state index contributed by atoms with van der Waals surface area (Å²) in [4.78, 5) is 7.84. The maximum atomic E-state index is 11.9. The van der Waals surface area contributed by atoms with Gasteiger partial charge in [0.2, 0.25) is 15.7 Å². The maximum Gasteiger partial charge on any atom is 0.251 e. The van der Waals surface area contributed by atoms with Crippen LogP contribution >= 0.6 is 0 Å². The van der Waals surface area contributed by atoms with Gasteiger partial charge in [0.1, 0.15) is 12.2 Å². The van der Waals surface area contributed by atoms with Crippen molar-refractivity contribution < 1.29 is 13.2 Å². The number of ether oxygens (including phenoxy) is 1. The van der Waals surface area contributed by atoms with Crippen LogP contribution in [0.15, 0.2) is 12.4 Å². The molecule has 1 unspecified atom stereocenters. The van der Waals surface area contributed by atoms with Crippen molar-refractivity contribution in [2.75, 3.05) is 18.8 Å². The van der Waals surface area contributed by atoms with Crippen molar-refractivity contribution in [3.63, 3.8) is 0 Å². The Morgan fingerprint density at radius 1 is 1.50 bits per heavy atom. The molecular formula is C12H16N4O3S. The molecule has 1 aromatic rings. The second-order valence-corrected chi connectivity index (χ2v) is 6.72. The molecule has 1 saturated heterocycles. The van der Waals surface area contributed by atoms with Crippen LogP contribution in [-0.2, 0) is 10.0 Å². The molecule has 0 spiro atoms. The third-order valence-corrected chi connectivity index (χ3v) is 5.00. The van der Waals surface area contributed by atoms with Crippen molar-refractivity contribution in [3.05, 3.63) is 18.1 Å². The standard InChI is InChI=1S/C12H16N4O3S/c1-2-20(17,18)16-7-3-4-10(9-16)19-12-11(8-13)14-5-6-15-12/h5-6,10H,2-4,7,9H2,1H3. The largest absolute Gasteiger partial charge is 0.471 e. The van der Waals surface area contributed by atoms with Crippen LogP contribution in [0.5, 0.6) is 5.88 Å². The van der Waals surface area contributed by atoms with Crippen LogP contribution in [-0.4, -0.2) is 47.6 Å². The molecule has 1 aliphatic rings. The number of sulfonamides is 1. The molecule has 1 aromatic heterocycles. The summed E-state index contributed by atoms with van der Waals surface area (Å²) in [5.74, 6) is 0.240. The molecule has 108 valence electrons. The minimum atomic E-state index is -3.21. The van der Waals surface area contributed by atoms with E-state index in [-0.39, 0.29) is 30.0 Å². The number of nitriles is 1. The third kappa shape index (κ3) is 3.23. The number of piperidine rings is 1. The normalized spacial score (nSPS) is 20.3. The average molecular weight is 296 g/mol. The Kier molecular flexibility index (Phi) is 4.52. The van der Waals surface area contributed by atoms with E-state index < -0.39 is 10.0 Å². The summed E-state index contributed by atoms with van der Waals surface area (Å²) >= 11 is 0. The first-order valence-corrected chi connectivity index (χ1v) is 8.03. The second kappa shape index (κ2) is 6.15. The molecular weight excluding hydrogens is 280 g/mol. The molecule has 2 rings (SSSR count). The van der Waals surface area contributed by atoms with E-state index in [9.17, 15) is 8.42 Å². The summed E-state index contributed by atoms with van der Waals surface area (Å²) in [6, 6.07) is 1.91. The number of hydrogen-bond acceptors (Lipinski definition) is 6. The van der Waals surface area contributed by atoms with E-state index in [1.54, 1.807) is 6.92 Å². The lowest BCUT2D eigenvalue weighted by atomic mass is 10.1. The molecule has 0 aromatic carbocycles. The fourth-order valence-electron chi connectivity index (χ4n) is 2.08. The summed E-state index contributed by atoms with van der Waals surface area (Å²) in [7, 11) is -3.21. The zero-order valence-corrected chi connectivity index (χ0v) is 12.0. The van der Waals surface area contributed by atoms with Crippen molar-refractivity contribution in [2.45, 2.75) is 25.9 Å². The number of rotatable bonds is 4. The van der Waals surface area contributed by atoms with Crippen LogP contribution in [0.3, 0.4) is 0 Å². The molecule has 0 aliphatic carbocycles. The van der Waals surface area contributed by atoms with Gasteiger partial charge in [-0.05, 0) is 19.8 Å². The van der Waals surface area contributed by atoms with Crippen LogP contribution in [0, 0.1) is 11.3 Å². The number of nitrogens with zero attached hydrogens (tertiary/aromatic N) is 4. The zero-order valence-electron chi connectivity index (χ0n) is 11.2. The predicted octanol–water partition coefficient (Wildman–Crippen LogP) is 0.541. The van der Waals surface area contributed by atoms with E-state index in [1.165, 1.54) is 16.7 Å². The molecule has 1 fully saturated rings. The van der Waals surface area contributed by atoms with Crippen molar-refractivity contribution in [1.82, 2.24) is 14.3 Å². The van der Waals surface area contributed by atoms with Gasteiger partial charge in [-0.3, -0.25) is 0 Å². The van der Waals surface area contributed by atoms with Crippen molar-refractivity contribution in [3.8, 4) is 11.9 Å². The van der Waals surface area contributed by atoms with Crippen LogP contribution in [0.1, 0.15) is 25.5 Å². The van der Waals surface area contributed by atoms with Gasteiger partial charge in [0.25, 0.3) is 5.88 Å². The highest BCUT2D eigenvalue weighted by molar-refractivity contribution is 7.89. The fourth-order valence-corrected chi connectivity index (χ4v) is 3.25. The van der Waals surface area contributed by atoms with E-state index in [0.717, 1.165) is 12.8 Å². The minimum Gasteiger partial charge on any atom is -0.471 e. The maximum absolute atomic E-state index is 11.9. The van der Waals surface area contributed by atoms with E-state index in [2.05, 4.69) is 9.97 Å². The van der Waals surface area contributed by atoms with Gasteiger partial charge in [0, 0.05) is 18.9 Å². The van der Waals surface area contributed by atoms with Gasteiger partial charge >= 0.3 is 0 Å². The lowest BCUT2D eigenvalue weighted by Crippen LogP contribution is -2.45. The molecule has 0 radical (unpaired) electrons. The molecule has 8 heteroatoms. The SMILES string of the molecule is CCS(=O)(=O)N1CCCC(Oc2nccnc2C#N)C1. The summed E-state index contributed by atoms with van der Waals surface area (Å²) in [5.41, 5.74) is 0.114. The van der Waals surface area contributed by atoms with Crippen LogP contribution in [0.2, 0.25) is 0 Å². The topological polar surface area (TPSA) is 96.2 Å². The molecule has 0 bridgehead atoms. The first-order valence-electron chi connectivity index (χ1n) is 6.42. The Labute approximate surface area is 118 Å². The second-order valence-electron chi connectivity index (χ2n) is 4.46. The molecule has 20 heavy (non-hydrogen) atoms. The minimum absolute atomic E-state index is 0.0777. The Bertz CT molecular complexity index is 611. The summed E-state index contributed by atoms with van der Waals surface area (Å²) in [6.45, 7) is 2.43. The van der Waals surface area contributed by atoms with Gasteiger partial charge in [-0.25, -0.2) is 18.4 Å². The Hall–Kier alpha value is -1.72. The highest BCUT2D eigenvalue weighted by Gasteiger charge is 2.29. The monoisotopic (exact) mass is 296 g/mol. The summed E-state index contributed by atoms with van der Waals surface area (Å²) in [6.07, 6.45) is 4.02. The molecule has 7 nitrogen and oxygen atoms in total. The predicted molar refractivity (Wildman–Crippen MR) is 71.4 cm³/mol. The molecule has 0 saturated carbocycles. The van der Waals surface area contributed by atoms with E-state index >= 15 is 0 Å². The van der Waals surface area contributed by atoms with Gasteiger partial charge in [0.15, 0.2) is 0 Å². The van der Waals surface area contributed by atoms with E-state index in [0.29, 0.717) is 6.54 Å². The van der Waals surface area contributed by atoms with Crippen molar-refractivity contribution in [2.24, 2.45) is 0 Å². The van der Waals surface area contributed by atoms with Gasteiger partial charge in [0.05, 0.1) is 12.3 Å². The quantitative estimate of drug-likeness (QED) is 0.804. The highest BCUT2D eigenvalue weighted by atomic mass is 32.2. The van der Waals surface area contributed by atoms with Gasteiger partial charge < -0.3 is 4.74 Å². The molecule has 0 amide bonds. The van der Waals surface area contributed by atoms with Crippen molar-refractivity contribution in [1.29, 1.82) is 5.26 Å². The van der Waals surface area contributed by atoms with Crippen molar-refractivity contribution >= 4 is 10.0 Å². The van der Waals surface area contributed by atoms with Crippen LogP contribution in [0.4, 0.5) is 0 Å². The Balaban J connectivity index is 2.09. The molecule has 0 N–H and O–H groups in total. The zero-order chi connectivity index (χ0) is 14.6. The lowest BCUT2D eigenvalue weighted by Gasteiger charge is -2.31. The lowest BCUT2D eigenvalue weighted by molar-refractivity contribution is 0.124. The van der Waals surface area contributed by atoms with Crippen LogP contribution < -0.4 is 4.74 Å². The van der Waals surface area contributed by atoms with E-state index in [4.69, 9.17) is 10.00 Å². The third-order valence-electron chi connectivity index (χ3n) is 3.15. The highest BCUT2D eigenvalue weighted by Crippen LogP contribution is 2.20. The first-order chi connectivity index (χ1) is 9.56. The van der Waals surface area contributed by atoms with E-state index in [1.807, 2.05) is 6.07 Å². The number of hydrogen-bond donors (Lipinski definition) is 0.